The minimum absolute atomic E-state index is 0.690. The van der Waals surface area contributed by atoms with E-state index in [0.29, 0.717) is 5.82 Å². The first-order chi connectivity index (χ1) is 10.8. The van der Waals surface area contributed by atoms with Gasteiger partial charge in [0.15, 0.2) is 5.82 Å². The fourth-order valence-electron chi connectivity index (χ4n) is 1.94. The molecule has 0 amide bonds. The topological polar surface area (TPSA) is 73.8 Å². The number of allylic oxidation sites excluding steroid dienone is 2. The molecule has 7 nitrogen and oxygen atoms in total. The predicted molar refractivity (Wildman–Crippen MR) is 84.4 cm³/mol. The number of rotatable bonds is 5. The molecule has 0 spiro atoms. The molecule has 0 aliphatic heterocycles. The SMILES string of the molecule is C=C/C(=C\N=C)n1cc(-c2cccc(-n3ccnn3)n2)cn1. The largest absolute Gasteiger partial charge is 0.270 e. The highest BCUT2D eigenvalue weighted by Gasteiger charge is 2.07. The van der Waals surface area contributed by atoms with Crippen LogP contribution in [0.15, 0.2) is 66.8 Å². The molecule has 0 aliphatic carbocycles. The molecule has 0 atom stereocenters. The molecular formula is C15H13N7. The summed E-state index contributed by atoms with van der Waals surface area (Å²) in [7, 11) is 0. The van der Waals surface area contributed by atoms with Crippen molar-refractivity contribution in [2.45, 2.75) is 0 Å². The quantitative estimate of drug-likeness (QED) is 0.533. The van der Waals surface area contributed by atoms with Gasteiger partial charge < -0.3 is 0 Å². The minimum Gasteiger partial charge on any atom is -0.270 e. The molecule has 22 heavy (non-hydrogen) atoms. The second-order valence-electron chi connectivity index (χ2n) is 4.34. The van der Waals surface area contributed by atoms with Crippen molar-refractivity contribution in [2.24, 2.45) is 4.99 Å². The van der Waals surface area contributed by atoms with Crippen LogP contribution in [0.4, 0.5) is 0 Å². The van der Waals surface area contributed by atoms with Crippen LogP contribution in [0.2, 0.25) is 0 Å². The van der Waals surface area contributed by atoms with Gasteiger partial charge in [-0.05, 0) is 24.9 Å². The van der Waals surface area contributed by atoms with Crippen LogP contribution in [0.5, 0.6) is 0 Å². The lowest BCUT2D eigenvalue weighted by Crippen LogP contribution is -1.99. The summed E-state index contributed by atoms with van der Waals surface area (Å²) in [5, 5.41) is 12.0. The van der Waals surface area contributed by atoms with Gasteiger partial charge in [-0.2, -0.15) is 5.10 Å². The van der Waals surface area contributed by atoms with Crippen molar-refractivity contribution < 1.29 is 0 Å². The van der Waals surface area contributed by atoms with Gasteiger partial charge in [-0.15, -0.1) is 5.10 Å². The van der Waals surface area contributed by atoms with Crippen molar-refractivity contribution in [1.29, 1.82) is 0 Å². The molecule has 0 radical (unpaired) electrons. The number of hydrogen-bond acceptors (Lipinski definition) is 5. The van der Waals surface area contributed by atoms with Crippen molar-refractivity contribution in [3.63, 3.8) is 0 Å². The third kappa shape index (κ3) is 2.59. The van der Waals surface area contributed by atoms with Gasteiger partial charge in [-0.3, -0.25) is 4.99 Å². The molecule has 3 aromatic heterocycles. The third-order valence-corrected chi connectivity index (χ3v) is 2.97. The fraction of sp³-hybridized carbons (Fsp3) is 0. The molecule has 3 rings (SSSR count). The molecule has 7 heteroatoms. The molecule has 0 aliphatic rings. The van der Waals surface area contributed by atoms with Crippen molar-refractivity contribution in [1.82, 2.24) is 29.8 Å². The van der Waals surface area contributed by atoms with E-state index in [-0.39, 0.29) is 0 Å². The molecule has 0 aromatic carbocycles. The minimum atomic E-state index is 0.690. The van der Waals surface area contributed by atoms with E-state index in [1.807, 2.05) is 24.4 Å². The standard InChI is InChI=1S/C15H13N7/c1-3-13(10-16-2)22-11-12(9-18-22)14-5-4-6-15(19-14)21-8-7-17-20-21/h3-11H,1-2H2/b13-10+. The summed E-state index contributed by atoms with van der Waals surface area (Å²) in [5.74, 6) is 0.690. The van der Waals surface area contributed by atoms with Crippen LogP contribution < -0.4 is 0 Å². The van der Waals surface area contributed by atoms with Crippen molar-refractivity contribution in [3.8, 4) is 17.1 Å². The van der Waals surface area contributed by atoms with Gasteiger partial charge in [0.2, 0.25) is 0 Å². The Hall–Kier alpha value is -3.35. The van der Waals surface area contributed by atoms with E-state index >= 15 is 0 Å². The molecule has 0 bridgehead atoms. The smallest absolute Gasteiger partial charge is 0.155 e. The maximum absolute atomic E-state index is 4.56. The van der Waals surface area contributed by atoms with E-state index in [4.69, 9.17) is 0 Å². The molecule has 3 heterocycles. The third-order valence-electron chi connectivity index (χ3n) is 2.97. The number of nitrogens with zero attached hydrogens (tertiary/aromatic N) is 7. The number of pyridine rings is 1. The summed E-state index contributed by atoms with van der Waals surface area (Å²) in [6.45, 7) is 7.17. The summed E-state index contributed by atoms with van der Waals surface area (Å²) < 4.78 is 3.27. The molecule has 0 unspecified atom stereocenters. The molecule has 0 N–H and O–H groups in total. The zero-order chi connectivity index (χ0) is 15.4. The van der Waals surface area contributed by atoms with Gasteiger partial charge in [-0.1, -0.05) is 17.9 Å². The Kier molecular flexibility index (Phi) is 3.69. The Labute approximate surface area is 127 Å². The van der Waals surface area contributed by atoms with E-state index in [9.17, 15) is 0 Å². The predicted octanol–water partition coefficient (Wildman–Crippen LogP) is 2.21. The Morgan fingerprint density at radius 1 is 1.32 bits per heavy atom. The highest BCUT2D eigenvalue weighted by molar-refractivity contribution is 5.62. The Morgan fingerprint density at radius 2 is 2.23 bits per heavy atom. The van der Waals surface area contributed by atoms with Gasteiger partial charge in [0, 0.05) is 11.8 Å². The lowest BCUT2D eigenvalue weighted by Gasteiger charge is -2.02. The number of hydrogen-bond donors (Lipinski definition) is 0. The summed E-state index contributed by atoms with van der Waals surface area (Å²) in [4.78, 5) is 8.29. The van der Waals surface area contributed by atoms with Crippen molar-refractivity contribution in [2.75, 3.05) is 0 Å². The second kappa shape index (κ2) is 5.96. The summed E-state index contributed by atoms with van der Waals surface area (Å²) in [6, 6.07) is 5.68. The van der Waals surface area contributed by atoms with Gasteiger partial charge >= 0.3 is 0 Å². The average molecular weight is 291 g/mol. The maximum Gasteiger partial charge on any atom is 0.155 e. The van der Waals surface area contributed by atoms with Crippen molar-refractivity contribution >= 4 is 12.4 Å². The molecular weight excluding hydrogens is 278 g/mol. The van der Waals surface area contributed by atoms with Gasteiger partial charge in [-0.25, -0.2) is 14.3 Å². The molecule has 0 fully saturated rings. The first kappa shape index (κ1) is 13.6. The molecule has 3 aromatic rings. The van der Waals surface area contributed by atoms with Crippen LogP contribution in [0.1, 0.15) is 0 Å². The first-order valence-corrected chi connectivity index (χ1v) is 6.49. The van der Waals surface area contributed by atoms with Crippen LogP contribution in [-0.4, -0.2) is 36.5 Å². The molecule has 108 valence electrons. The highest BCUT2D eigenvalue weighted by Crippen LogP contribution is 2.19. The zero-order valence-corrected chi connectivity index (χ0v) is 11.7. The summed E-state index contributed by atoms with van der Waals surface area (Å²) in [6.07, 6.45) is 10.2. The van der Waals surface area contributed by atoms with Gasteiger partial charge in [0.05, 0.1) is 36.2 Å². The van der Waals surface area contributed by atoms with Gasteiger partial charge in [0.1, 0.15) is 0 Å². The summed E-state index contributed by atoms with van der Waals surface area (Å²) in [5.41, 5.74) is 2.39. The van der Waals surface area contributed by atoms with E-state index in [0.717, 1.165) is 17.0 Å². The zero-order valence-electron chi connectivity index (χ0n) is 11.7. The van der Waals surface area contributed by atoms with Crippen molar-refractivity contribution in [3.05, 3.63) is 61.8 Å². The van der Waals surface area contributed by atoms with Crippen LogP contribution in [-0.2, 0) is 0 Å². The number of aromatic nitrogens is 6. The van der Waals surface area contributed by atoms with E-state index < -0.39 is 0 Å². The molecule has 0 saturated carbocycles. The average Bonchev–Trinajstić information content (AvgIpc) is 3.24. The fourth-order valence-corrected chi connectivity index (χ4v) is 1.94. The second-order valence-corrected chi connectivity index (χ2v) is 4.34. The Bertz CT molecular complexity index is 827. The normalized spacial score (nSPS) is 11.4. The Balaban J connectivity index is 1.97. The van der Waals surface area contributed by atoms with E-state index in [1.54, 1.807) is 40.2 Å². The highest BCUT2D eigenvalue weighted by atomic mass is 15.4. The first-order valence-electron chi connectivity index (χ1n) is 6.49. The maximum atomic E-state index is 4.56. The van der Waals surface area contributed by atoms with Crippen LogP contribution >= 0.6 is 0 Å². The summed E-state index contributed by atoms with van der Waals surface area (Å²) >= 11 is 0. The lowest BCUT2D eigenvalue weighted by atomic mass is 10.2. The van der Waals surface area contributed by atoms with E-state index in [2.05, 4.69) is 38.7 Å². The monoisotopic (exact) mass is 291 g/mol. The van der Waals surface area contributed by atoms with Gasteiger partial charge in [0.25, 0.3) is 0 Å². The van der Waals surface area contributed by atoms with Crippen LogP contribution in [0.3, 0.4) is 0 Å². The lowest BCUT2D eigenvalue weighted by molar-refractivity contribution is 0.782. The Morgan fingerprint density at radius 3 is 2.95 bits per heavy atom. The molecule has 0 saturated heterocycles. The van der Waals surface area contributed by atoms with Crippen LogP contribution in [0, 0.1) is 0 Å². The number of aliphatic imine (C=N–C) groups is 1. The van der Waals surface area contributed by atoms with Crippen LogP contribution in [0.25, 0.3) is 22.8 Å². The van der Waals surface area contributed by atoms with E-state index in [1.165, 1.54) is 0 Å².